The van der Waals surface area contributed by atoms with E-state index in [-0.39, 0.29) is 5.92 Å². The van der Waals surface area contributed by atoms with E-state index in [1.165, 1.54) is 103 Å². The first-order chi connectivity index (χ1) is 17.1. The van der Waals surface area contributed by atoms with Crippen LogP contribution >= 0.6 is 0 Å². The van der Waals surface area contributed by atoms with Crippen molar-refractivity contribution in [3.05, 3.63) is 24.3 Å². The number of halogens is 2. The molecule has 1 saturated heterocycles. The largest absolute Gasteiger partial charge is 0.377 e. The quantitative estimate of drug-likeness (QED) is 0.292. The van der Waals surface area contributed by atoms with Gasteiger partial charge in [0.05, 0.1) is 12.7 Å². The van der Waals surface area contributed by atoms with Crippen LogP contribution in [0.25, 0.3) is 0 Å². The Bertz CT molecular complexity index is 636. The van der Waals surface area contributed by atoms with Crippen molar-refractivity contribution in [2.45, 2.75) is 129 Å². The van der Waals surface area contributed by atoms with Crippen molar-refractivity contribution in [2.75, 3.05) is 6.61 Å². The number of hydrogen-bond acceptors (Lipinski definition) is 1. The molecule has 2 unspecified atom stereocenters. The summed E-state index contributed by atoms with van der Waals surface area (Å²) in [6.45, 7) is 2.76. The minimum absolute atomic E-state index is 0.0783. The molecule has 3 saturated carbocycles. The molecule has 3 heteroatoms. The first-order valence-electron chi connectivity index (χ1n) is 15.4. The lowest BCUT2D eigenvalue weighted by Crippen LogP contribution is -2.33. The highest BCUT2D eigenvalue weighted by molar-refractivity contribution is 4.93. The molecule has 0 radical (unpaired) electrons. The van der Waals surface area contributed by atoms with Gasteiger partial charge in [-0.1, -0.05) is 64.0 Å². The van der Waals surface area contributed by atoms with Crippen molar-refractivity contribution in [3.63, 3.8) is 0 Å². The van der Waals surface area contributed by atoms with E-state index in [0.717, 1.165) is 48.5 Å². The van der Waals surface area contributed by atoms with Gasteiger partial charge >= 0.3 is 0 Å². The first kappa shape index (κ1) is 27.3. The average molecular weight is 491 g/mol. The molecule has 0 aromatic rings. The lowest BCUT2D eigenvalue weighted by atomic mass is 9.68. The van der Waals surface area contributed by atoms with Crippen molar-refractivity contribution in [1.82, 2.24) is 0 Å². The van der Waals surface area contributed by atoms with Crippen LogP contribution in [0.5, 0.6) is 0 Å². The second kappa shape index (κ2) is 14.3. The number of rotatable bonds is 9. The second-order valence-electron chi connectivity index (χ2n) is 12.7. The Morgan fingerprint density at radius 1 is 0.686 bits per heavy atom. The van der Waals surface area contributed by atoms with Crippen LogP contribution in [0.4, 0.5) is 8.78 Å². The molecule has 0 aromatic carbocycles. The van der Waals surface area contributed by atoms with Crippen molar-refractivity contribution < 1.29 is 13.5 Å². The van der Waals surface area contributed by atoms with E-state index in [9.17, 15) is 8.78 Å². The molecule has 200 valence electrons. The maximum absolute atomic E-state index is 12.5. The van der Waals surface area contributed by atoms with Crippen LogP contribution in [0, 0.1) is 41.4 Å². The maximum atomic E-state index is 12.5. The van der Waals surface area contributed by atoms with E-state index < -0.39 is 6.08 Å². The Morgan fingerprint density at radius 2 is 1.23 bits per heavy atom. The summed E-state index contributed by atoms with van der Waals surface area (Å²) < 4.78 is 31.0. The molecule has 4 aliphatic rings. The number of allylic oxidation sites excluding steroid dienone is 2. The van der Waals surface area contributed by atoms with Crippen molar-refractivity contribution in [2.24, 2.45) is 41.4 Å². The Balaban J connectivity index is 1.06. The molecule has 0 amide bonds. The van der Waals surface area contributed by atoms with Gasteiger partial charge in [-0.05, 0) is 112 Å². The minimum Gasteiger partial charge on any atom is -0.377 e. The van der Waals surface area contributed by atoms with Crippen LogP contribution in [0.15, 0.2) is 24.3 Å². The molecule has 35 heavy (non-hydrogen) atoms. The summed E-state index contributed by atoms with van der Waals surface area (Å²) in [5, 5.41) is 0. The van der Waals surface area contributed by atoms with E-state index in [2.05, 4.69) is 19.1 Å². The first-order valence-corrected chi connectivity index (χ1v) is 15.4. The lowest BCUT2D eigenvalue weighted by Gasteiger charge is -2.39. The Morgan fingerprint density at radius 3 is 1.74 bits per heavy atom. The predicted octanol–water partition coefficient (Wildman–Crippen LogP) is 10.1. The van der Waals surface area contributed by atoms with Gasteiger partial charge in [0.25, 0.3) is 6.08 Å². The van der Waals surface area contributed by atoms with Gasteiger partial charge in [0.2, 0.25) is 0 Å². The molecule has 4 rings (SSSR count). The zero-order chi connectivity index (χ0) is 24.5. The summed E-state index contributed by atoms with van der Waals surface area (Å²) in [5.74, 6) is 5.40. The van der Waals surface area contributed by atoms with Gasteiger partial charge in [0.1, 0.15) is 0 Å². The van der Waals surface area contributed by atoms with Gasteiger partial charge in [-0.2, -0.15) is 8.78 Å². The molecule has 0 aromatic heterocycles. The zero-order valence-electron chi connectivity index (χ0n) is 22.5. The molecule has 3 aliphatic carbocycles. The molecule has 1 nitrogen and oxygen atoms in total. The summed E-state index contributed by atoms with van der Waals surface area (Å²) in [6, 6.07) is 0. The molecule has 1 aliphatic heterocycles. The van der Waals surface area contributed by atoms with E-state index in [1.807, 2.05) is 0 Å². The fourth-order valence-electron chi connectivity index (χ4n) is 8.01. The Labute approximate surface area is 214 Å². The zero-order valence-corrected chi connectivity index (χ0v) is 22.5. The summed E-state index contributed by atoms with van der Waals surface area (Å²) in [4.78, 5) is 0. The smallest absolute Gasteiger partial charge is 0.266 e. The van der Waals surface area contributed by atoms with Crippen LogP contribution < -0.4 is 0 Å². The molecule has 0 bridgehead atoms. The minimum atomic E-state index is -1.55. The lowest BCUT2D eigenvalue weighted by molar-refractivity contribution is -0.0500. The second-order valence-corrected chi connectivity index (χ2v) is 12.7. The Kier molecular flexibility index (Phi) is 11.2. The third kappa shape index (κ3) is 8.68. The standard InChI is InChI=1S/C32H52F2O/c1-2-3-4-5-24-8-15-28(16-9-24)29-17-10-25(11-18-29)6-7-26-12-19-30(20-13-26)31-21-14-27(23-35-31)22-32(33)34/h4-5,22,24-31H,2-3,6-21,23H2,1H3/b5-4+. The molecule has 1 heterocycles. The van der Waals surface area contributed by atoms with Crippen LogP contribution in [-0.4, -0.2) is 12.7 Å². The molecule has 0 spiro atoms. The van der Waals surface area contributed by atoms with Gasteiger partial charge in [0.15, 0.2) is 0 Å². The maximum Gasteiger partial charge on any atom is 0.266 e. The summed E-state index contributed by atoms with van der Waals surface area (Å²) >= 11 is 0. The summed E-state index contributed by atoms with van der Waals surface area (Å²) in [5.41, 5.74) is 0. The number of ether oxygens (including phenoxy) is 1. The van der Waals surface area contributed by atoms with E-state index in [1.54, 1.807) is 0 Å². The monoisotopic (exact) mass is 490 g/mol. The molecule has 2 atom stereocenters. The highest BCUT2D eigenvalue weighted by Gasteiger charge is 2.33. The third-order valence-electron chi connectivity index (χ3n) is 10.3. The molecular formula is C32H52F2O. The summed E-state index contributed by atoms with van der Waals surface area (Å²) in [6.07, 6.45) is 29.2. The molecule has 4 fully saturated rings. The fraction of sp³-hybridized carbons (Fsp3) is 0.875. The molecular weight excluding hydrogens is 438 g/mol. The van der Waals surface area contributed by atoms with Crippen LogP contribution in [0.3, 0.4) is 0 Å². The third-order valence-corrected chi connectivity index (χ3v) is 10.3. The van der Waals surface area contributed by atoms with Gasteiger partial charge in [-0.3, -0.25) is 0 Å². The number of hydrogen-bond donors (Lipinski definition) is 0. The van der Waals surface area contributed by atoms with Crippen molar-refractivity contribution >= 4 is 0 Å². The number of unbranched alkanes of at least 4 members (excludes halogenated alkanes) is 1. The Hall–Kier alpha value is -0.700. The van der Waals surface area contributed by atoms with Gasteiger partial charge in [-0.25, -0.2) is 0 Å². The topological polar surface area (TPSA) is 9.23 Å². The van der Waals surface area contributed by atoms with Gasteiger partial charge in [-0.15, -0.1) is 0 Å². The van der Waals surface area contributed by atoms with Crippen LogP contribution in [0.2, 0.25) is 0 Å². The molecule has 0 N–H and O–H groups in total. The van der Waals surface area contributed by atoms with Crippen molar-refractivity contribution in [1.29, 1.82) is 0 Å². The summed E-state index contributed by atoms with van der Waals surface area (Å²) in [7, 11) is 0. The highest BCUT2D eigenvalue weighted by atomic mass is 19.3. The average Bonchev–Trinajstić information content (AvgIpc) is 2.89. The highest BCUT2D eigenvalue weighted by Crippen LogP contribution is 2.44. The van der Waals surface area contributed by atoms with Crippen molar-refractivity contribution in [3.8, 4) is 0 Å². The van der Waals surface area contributed by atoms with Gasteiger partial charge in [0, 0.05) is 5.92 Å². The fourth-order valence-corrected chi connectivity index (χ4v) is 8.01. The SMILES string of the molecule is CCC/C=C/C1CCC(C2CCC(CCC3CCC(C4CCC(C=C(F)F)CO4)CC3)CC2)CC1. The van der Waals surface area contributed by atoms with Crippen LogP contribution in [-0.2, 0) is 4.74 Å². The van der Waals surface area contributed by atoms with Crippen LogP contribution in [0.1, 0.15) is 122 Å². The van der Waals surface area contributed by atoms with E-state index in [4.69, 9.17) is 4.74 Å². The normalized spacial score (nSPS) is 38.9. The van der Waals surface area contributed by atoms with E-state index >= 15 is 0 Å². The predicted molar refractivity (Wildman–Crippen MR) is 142 cm³/mol. The van der Waals surface area contributed by atoms with E-state index in [0.29, 0.717) is 18.6 Å². The van der Waals surface area contributed by atoms with Gasteiger partial charge < -0.3 is 4.74 Å².